The van der Waals surface area contributed by atoms with Crippen LogP contribution in [0.4, 0.5) is 0 Å². The van der Waals surface area contributed by atoms with Gasteiger partial charge in [0.1, 0.15) is 0 Å². The van der Waals surface area contributed by atoms with E-state index in [1.165, 1.54) is 6.54 Å². The predicted octanol–water partition coefficient (Wildman–Crippen LogP) is 2.35. The smallest absolute Gasteiger partial charge is 0.0278 e. The zero-order valence-corrected chi connectivity index (χ0v) is 11.2. The second kappa shape index (κ2) is 5.31. The van der Waals surface area contributed by atoms with Crippen LogP contribution in [0.15, 0.2) is 0 Å². The van der Waals surface area contributed by atoms with Crippen LogP contribution in [0.25, 0.3) is 0 Å². The summed E-state index contributed by atoms with van der Waals surface area (Å²) < 4.78 is 0. The van der Waals surface area contributed by atoms with E-state index in [1.54, 1.807) is 0 Å². The molecular formula is C13H28N2. The fraction of sp³-hybridized carbons (Fsp3) is 1.00. The summed E-state index contributed by atoms with van der Waals surface area (Å²) in [6, 6.07) is 2.01. The van der Waals surface area contributed by atoms with Gasteiger partial charge in [0.15, 0.2) is 0 Å². The maximum atomic E-state index is 3.69. The molecule has 0 aliphatic carbocycles. The maximum Gasteiger partial charge on any atom is 0.0278 e. The Balaban J connectivity index is 2.80. The fourth-order valence-electron chi connectivity index (χ4n) is 2.87. The number of piperazine rings is 1. The molecule has 2 unspecified atom stereocenters. The van der Waals surface area contributed by atoms with Gasteiger partial charge in [-0.25, -0.2) is 0 Å². The van der Waals surface area contributed by atoms with Crippen molar-refractivity contribution in [3.05, 3.63) is 0 Å². The van der Waals surface area contributed by atoms with Gasteiger partial charge in [0.25, 0.3) is 0 Å². The number of nitrogens with zero attached hydrogens (tertiary/aromatic N) is 1. The Morgan fingerprint density at radius 2 is 1.60 bits per heavy atom. The first kappa shape index (κ1) is 13.0. The molecule has 1 aliphatic rings. The lowest BCUT2D eigenvalue weighted by molar-refractivity contribution is 0.0418. The molecule has 0 spiro atoms. The third kappa shape index (κ3) is 2.94. The van der Waals surface area contributed by atoms with Crippen molar-refractivity contribution >= 4 is 0 Å². The third-order valence-corrected chi connectivity index (χ3v) is 3.57. The van der Waals surface area contributed by atoms with Crippen molar-refractivity contribution in [3.8, 4) is 0 Å². The minimum Gasteiger partial charge on any atom is -0.311 e. The average molecular weight is 212 g/mol. The molecular weight excluding hydrogens is 184 g/mol. The highest BCUT2D eigenvalue weighted by atomic mass is 15.3. The van der Waals surface area contributed by atoms with Crippen LogP contribution in [0.1, 0.15) is 41.5 Å². The molecule has 2 nitrogen and oxygen atoms in total. The van der Waals surface area contributed by atoms with E-state index in [0.29, 0.717) is 18.1 Å². The quantitative estimate of drug-likeness (QED) is 0.772. The van der Waals surface area contributed by atoms with Crippen molar-refractivity contribution in [2.45, 2.75) is 59.7 Å². The average Bonchev–Trinajstić information content (AvgIpc) is 2.16. The molecule has 1 fully saturated rings. The minimum atomic E-state index is 0.654. The van der Waals surface area contributed by atoms with Crippen LogP contribution in [0.3, 0.4) is 0 Å². The van der Waals surface area contributed by atoms with E-state index in [-0.39, 0.29) is 0 Å². The summed E-state index contributed by atoms with van der Waals surface area (Å²) in [6.45, 7) is 16.3. The number of hydrogen-bond donors (Lipinski definition) is 1. The van der Waals surface area contributed by atoms with E-state index >= 15 is 0 Å². The van der Waals surface area contributed by atoms with Crippen molar-refractivity contribution in [2.75, 3.05) is 13.1 Å². The second-order valence-corrected chi connectivity index (χ2v) is 5.79. The lowest BCUT2D eigenvalue weighted by atomic mass is 9.85. The summed E-state index contributed by atoms with van der Waals surface area (Å²) in [5.41, 5.74) is 0. The summed E-state index contributed by atoms with van der Waals surface area (Å²) in [7, 11) is 0. The van der Waals surface area contributed by atoms with Crippen molar-refractivity contribution in [2.24, 2.45) is 11.8 Å². The van der Waals surface area contributed by atoms with Gasteiger partial charge in [0.2, 0.25) is 0 Å². The van der Waals surface area contributed by atoms with Crippen LogP contribution in [0, 0.1) is 11.8 Å². The third-order valence-electron chi connectivity index (χ3n) is 3.57. The highest BCUT2D eigenvalue weighted by Gasteiger charge is 2.35. The van der Waals surface area contributed by atoms with E-state index < -0.39 is 0 Å². The lowest BCUT2D eigenvalue weighted by Gasteiger charge is -2.48. The molecule has 0 radical (unpaired) electrons. The summed E-state index contributed by atoms with van der Waals surface area (Å²) in [5, 5.41) is 3.69. The molecule has 2 heteroatoms. The molecule has 1 saturated heterocycles. The van der Waals surface area contributed by atoms with Crippen molar-refractivity contribution in [1.82, 2.24) is 10.2 Å². The summed E-state index contributed by atoms with van der Waals surface area (Å²) in [5.74, 6) is 1.45. The molecule has 1 N–H and O–H groups in total. The summed E-state index contributed by atoms with van der Waals surface area (Å²) in [6.07, 6.45) is 0. The molecule has 90 valence electrons. The largest absolute Gasteiger partial charge is 0.311 e. The molecule has 0 aromatic carbocycles. The molecule has 2 atom stereocenters. The van der Waals surface area contributed by atoms with Crippen molar-refractivity contribution in [3.63, 3.8) is 0 Å². The molecule has 0 aromatic heterocycles. The van der Waals surface area contributed by atoms with Crippen LogP contribution >= 0.6 is 0 Å². The second-order valence-electron chi connectivity index (χ2n) is 5.79. The van der Waals surface area contributed by atoms with Gasteiger partial charge in [-0.05, 0) is 25.7 Å². The zero-order chi connectivity index (χ0) is 11.6. The molecule has 0 bridgehead atoms. The Bertz CT molecular complexity index is 171. The standard InChI is InChI=1S/C13H28N2/c1-9(2)12-13(10(3)4)15(11(5)6)8-7-14-12/h9-14H,7-8H2,1-6H3. The number of nitrogens with one attached hydrogen (secondary N) is 1. The Kier molecular flexibility index (Phi) is 4.60. The molecule has 0 saturated carbocycles. The van der Waals surface area contributed by atoms with Gasteiger partial charge >= 0.3 is 0 Å². The Morgan fingerprint density at radius 1 is 1.00 bits per heavy atom. The SMILES string of the molecule is CC(C)C1NCCN(C(C)C)C1C(C)C. The van der Waals surface area contributed by atoms with Crippen molar-refractivity contribution in [1.29, 1.82) is 0 Å². The van der Waals surface area contributed by atoms with Gasteiger partial charge in [-0.3, -0.25) is 4.90 Å². The minimum absolute atomic E-state index is 0.654. The summed E-state index contributed by atoms with van der Waals surface area (Å²) >= 11 is 0. The summed E-state index contributed by atoms with van der Waals surface area (Å²) in [4.78, 5) is 2.67. The molecule has 1 rings (SSSR count). The highest BCUT2D eigenvalue weighted by Crippen LogP contribution is 2.24. The molecule has 0 amide bonds. The van der Waals surface area contributed by atoms with Crippen LogP contribution in [0.2, 0.25) is 0 Å². The van der Waals surface area contributed by atoms with E-state index in [0.717, 1.165) is 18.4 Å². The number of rotatable bonds is 3. The van der Waals surface area contributed by atoms with Gasteiger partial charge < -0.3 is 5.32 Å². The van der Waals surface area contributed by atoms with Gasteiger partial charge in [0.05, 0.1) is 0 Å². The van der Waals surface area contributed by atoms with E-state index in [2.05, 4.69) is 51.8 Å². The van der Waals surface area contributed by atoms with Crippen LogP contribution in [-0.2, 0) is 0 Å². The Hall–Kier alpha value is -0.0800. The van der Waals surface area contributed by atoms with E-state index in [9.17, 15) is 0 Å². The Morgan fingerprint density at radius 3 is 2.00 bits per heavy atom. The first-order chi connectivity index (χ1) is 6.95. The molecule has 1 aliphatic heterocycles. The van der Waals surface area contributed by atoms with Gasteiger partial charge in [-0.15, -0.1) is 0 Å². The molecule has 0 aromatic rings. The maximum absolute atomic E-state index is 3.69. The highest BCUT2D eigenvalue weighted by molar-refractivity contribution is 4.93. The molecule has 15 heavy (non-hydrogen) atoms. The van der Waals surface area contributed by atoms with Gasteiger partial charge in [-0.2, -0.15) is 0 Å². The normalized spacial score (nSPS) is 29.4. The zero-order valence-electron chi connectivity index (χ0n) is 11.2. The van der Waals surface area contributed by atoms with Crippen LogP contribution in [-0.4, -0.2) is 36.1 Å². The fourth-order valence-corrected chi connectivity index (χ4v) is 2.87. The van der Waals surface area contributed by atoms with Crippen LogP contribution in [0.5, 0.6) is 0 Å². The van der Waals surface area contributed by atoms with Gasteiger partial charge in [-0.1, -0.05) is 27.7 Å². The van der Waals surface area contributed by atoms with E-state index in [4.69, 9.17) is 0 Å². The topological polar surface area (TPSA) is 15.3 Å². The lowest BCUT2D eigenvalue weighted by Crippen LogP contribution is -2.63. The predicted molar refractivity (Wildman–Crippen MR) is 67.1 cm³/mol. The van der Waals surface area contributed by atoms with E-state index in [1.807, 2.05) is 0 Å². The molecule has 1 heterocycles. The number of hydrogen-bond acceptors (Lipinski definition) is 2. The van der Waals surface area contributed by atoms with Crippen LogP contribution < -0.4 is 5.32 Å². The Labute approximate surface area is 95.4 Å². The monoisotopic (exact) mass is 212 g/mol. The first-order valence-electron chi connectivity index (χ1n) is 6.44. The van der Waals surface area contributed by atoms with Gasteiger partial charge in [0, 0.05) is 31.2 Å². The first-order valence-corrected chi connectivity index (χ1v) is 6.44. The van der Waals surface area contributed by atoms with Crippen molar-refractivity contribution < 1.29 is 0 Å².